The van der Waals surface area contributed by atoms with Gasteiger partial charge in [-0.25, -0.2) is 5.43 Å². The zero-order valence-electron chi connectivity index (χ0n) is 14.6. The van der Waals surface area contributed by atoms with Gasteiger partial charge in [0.15, 0.2) is 0 Å². The van der Waals surface area contributed by atoms with Gasteiger partial charge in [0.05, 0.1) is 23.3 Å². The van der Waals surface area contributed by atoms with E-state index in [1.165, 1.54) is 31.5 Å². The number of methoxy groups -OCH3 is 1. The van der Waals surface area contributed by atoms with Crippen molar-refractivity contribution in [3.05, 3.63) is 81.1 Å². The summed E-state index contributed by atoms with van der Waals surface area (Å²) in [6.45, 7) is 0. The molecule has 0 saturated carbocycles. The van der Waals surface area contributed by atoms with E-state index in [-0.39, 0.29) is 5.69 Å². The van der Waals surface area contributed by atoms with Crippen molar-refractivity contribution < 1.29 is 18.9 Å². The number of rotatable bonds is 6. The number of hydrazone groups is 1. The van der Waals surface area contributed by atoms with Crippen LogP contribution in [0.4, 0.5) is 5.69 Å². The lowest BCUT2D eigenvalue weighted by atomic mass is 10.1. The third-order valence-corrected chi connectivity index (χ3v) is 4.09. The summed E-state index contributed by atoms with van der Waals surface area (Å²) >= 11 is 6.10. The molecular weight excluding hydrogens is 386 g/mol. The molecule has 9 heteroatoms. The summed E-state index contributed by atoms with van der Waals surface area (Å²) in [6, 6.07) is 13.8. The Kier molecular flexibility index (Phi) is 5.71. The highest BCUT2D eigenvalue weighted by Gasteiger charge is 2.14. The number of hydrogen-bond donors (Lipinski definition) is 1. The highest BCUT2D eigenvalue weighted by molar-refractivity contribution is 6.33. The number of hydrogen-bond acceptors (Lipinski definition) is 6. The van der Waals surface area contributed by atoms with E-state index < -0.39 is 10.8 Å². The molecule has 0 fully saturated rings. The van der Waals surface area contributed by atoms with E-state index in [4.69, 9.17) is 20.8 Å². The van der Waals surface area contributed by atoms with Crippen LogP contribution in [0, 0.1) is 10.1 Å². The minimum atomic E-state index is -0.514. The fraction of sp³-hybridized carbons (Fsp3) is 0.0526. The van der Waals surface area contributed by atoms with Gasteiger partial charge in [0.25, 0.3) is 11.6 Å². The van der Waals surface area contributed by atoms with Gasteiger partial charge in [0.1, 0.15) is 17.3 Å². The van der Waals surface area contributed by atoms with Crippen molar-refractivity contribution in [2.24, 2.45) is 5.10 Å². The van der Waals surface area contributed by atoms with E-state index in [9.17, 15) is 14.9 Å². The SMILES string of the molecule is COc1ccc(C(=O)NN=Cc2ccc(-c3cc([N+](=O)[O-])ccc3Cl)o2)cc1. The van der Waals surface area contributed by atoms with Gasteiger partial charge < -0.3 is 9.15 Å². The van der Waals surface area contributed by atoms with Crippen LogP contribution in [0.3, 0.4) is 0 Å². The van der Waals surface area contributed by atoms with Crippen LogP contribution >= 0.6 is 11.6 Å². The molecule has 0 aliphatic rings. The second-order valence-corrected chi connectivity index (χ2v) is 5.96. The molecular formula is C19H14ClN3O5. The fourth-order valence-electron chi connectivity index (χ4n) is 2.34. The first-order valence-electron chi connectivity index (χ1n) is 7.99. The smallest absolute Gasteiger partial charge is 0.271 e. The summed E-state index contributed by atoms with van der Waals surface area (Å²) in [5.74, 6) is 0.930. The van der Waals surface area contributed by atoms with Crippen LogP contribution in [0.5, 0.6) is 5.75 Å². The molecule has 28 heavy (non-hydrogen) atoms. The first-order chi connectivity index (χ1) is 13.5. The molecule has 1 aromatic heterocycles. The zero-order chi connectivity index (χ0) is 20.1. The second kappa shape index (κ2) is 8.36. The van der Waals surface area contributed by atoms with Gasteiger partial charge in [-0.1, -0.05) is 11.6 Å². The van der Waals surface area contributed by atoms with Crippen LogP contribution in [-0.4, -0.2) is 24.2 Å². The fourth-order valence-corrected chi connectivity index (χ4v) is 2.55. The summed E-state index contributed by atoms with van der Waals surface area (Å²) in [7, 11) is 1.54. The van der Waals surface area contributed by atoms with Gasteiger partial charge in [0, 0.05) is 23.3 Å². The van der Waals surface area contributed by atoms with Crippen molar-refractivity contribution in [2.75, 3.05) is 7.11 Å². The van der Waals surface area contributed by atoms with Crippen molar-refractivity contribution in [2.45, 2.75) is 0 Å². The summed E-state index contributed by atoms with van der Waals surface area (Å²) < 4.78 is 10.6. The lowest BCUT2D eigenvalue weighted by Crippen LogP contribution is -2.17. The van der Waals surface area contributed by atoms with Crippen LogP contribution in [0.25, 0.3) is 11.3 Å². The molecule has 0 bridgehead atoms. The number of furan rings is 1. The molecule has 1 amide bonds. The number of nitro groups is 1. The molecule has 0 aliphatic heterocycles. The first-order valence-corrected chi connectivity index (χ1v) is 8.37. The van der Waals surface area contributed by atoms with Crippen molar-refractivity contribution >= 4 is 29.4 Å². The van der Waals surface area contributed by atoms with Gasteiger partial charge in [0.2, 0.25) is 0 Å². The molecule has 1 heterocycles. The Morgan fingerprint density at radius 1 is 1.21 bits per heavy atom. The minimum Gasteiger partial charge on any atom is -0.497 e. The number of nitrogens with zero attached hydrogens (tertiary/aromatic N) is 2. The number of nitro benzene ring substituents is 1. The number of nitrogens with one attached hydrogen (secondary N) is 1. The van der Waals surface area contributed by atoms with Gasteiger partial charge in [-0.2, -0.15) is 5.10 Å². The molecule has 0 spiro atoms. The quantitative estimate of drug-likeness (QED) is 0.378. The third-order valence-electron chi connectivity index (χ3n) is 3.76. The number of halogens is 1. The van der Waals surface area contributed by atoms with E-state index in [0.717, 1.165) is 0 Å². The highest BCUT2D eigenvalue weighted by atomic mass is 35.5. The van der Waals surface area contributed by atoms with Crippen LogP contribution in [-0.2, 0) is 0 Å². The van der Waals surface area contributed by atoms with E-state index >= 15 is 0 Å². The summed E-state index contributed by atoms with van der Waals surface area (Å²) in [5.41, 5.74) is 3.09. The van der Waals surface area contributed by atoms with Gasteiger partial charge in [-0.15, -0.1) is 0 Å². The van der Waals surface area contributed by atoms with Crippen molar-refractivity contribution in [3.8, 4) is 17.1 Å². The molecule has 0 aliphatic carbocycles. The Hall–Kier alpha value is -3.65. The van der Waals surface area contributed by atoms with Gasteiger partial charge in [-0.3, -0.25) is 14.9 Å². The maximum absolute atomic E-state index is 12.0. The van der Waals surface area contributed by atoms with Crippen LogP contribution < -0.4 is 10.2 Å². The van der Waals surface area contributed by atoms with Gasteiger partial charge in [-0.05, 0) is 42.5 Å². The summed E-state index contributed by atoms with van der Waals surface area (Å²) in [4.78, 5) is 22.4. The Morgan fingerprint density at radius 2 is 1.96 bits per heavy atom. The highest BCUT2D eigenvalue weighted by Crippen LogP contribution is 2.32. The minimum absolute atomic E-state index is 0.0993. The second-order valence-electron chi connectivity index (χ2n) is 5.55. The monoisotopic (exact) mass is 399 g/mol. The van der Waals surface area contributed by atoms with Gasteiger partial charge >= 0.3 is 0 Å². The Labute approximate surface area is 164 Å². The van der Waals surface area contributed by atoms with Crippen LogP contribution in [0.2, 0.25) is 5.02 Å². The number of non-ortho nitro benzene ring substituents is 1. The predicted octanol–water partition coefficient (Wildman–Crippen LogP) is 4.28. The molecule has 0 saturated heterocycles. The maximum atomic E-state index is 12.0. The normalized spacial score (nSPS) is 10.8. The zero-order valence-corrected chi connectivity index (χ0v) is 15.3. The Balaban J connectivity index is 1.69. The molecule has 0 radical (unpaired) electrons. The topological polar surface area (TPSA) is 107 Å². The molecule has 0 unspecified atom stereocenters. The average Bonchev–Trinajstić information content (AvgIpc) is 3.16. The number of ether oxygens (including phenoxy) is 1. The number of carbonyl (C=O) groups excluding carboxylic acids is 1. The van der Waals surface area contributed by atoms with E-state index in [1.807, 2.05) is 0 Å². The molecule has 142 valence electrons. The molecule has 2 aromatic carbocycles. The lowest BCUT2D eigenvalue weighted by Gasteiger charge is -2.02. The Bertz CT molecular complexity index is 1040. The molecule has 3 aromatic rings. The van der Waals surface area contributed by atoms with E-state index in [2.05, 4.69) is 10.5 Å². The Morgan fingerprint density at radius 3 is 2.64 bits per heavy atom. The molecule has 3 rings (SSSR count). The summed E-state index contributed by atoms with van der Waals surface area (Å²) in [6.07, 6.45) is 1.32. The van der Waals surface area contributed by atoms with Crippen molar-refractivity contribution in [3.63, 3.8) is 0 Å². The average molecular weight is 400 g/mol. The van der Waals surface area contributed by atoms with Crippen LogP contribution in [0.15, 0.2) is 64.1 Å². The molecule has 8 nitrogen and oxygen atoms in total. The number of carbonyl (C=O) groups is 1. The number of amides is 1. The molecule has 1 N–H and O–H groups in total. The summed E-state index contributed by atoms with van der Waals surface area (Å²) in [5, 5.41) is 15.1. The van der Waals surface area contributed by atoms with Crippen molar-refractivity contribution in [1.29, 1.82) is 0 Å². The third kappa shape index (κ3) is 4.36. The first kappa shape index (κ1) is 19.1. The predicted molar refractivity (Wildman–Crippen MR) is 104 cm³/mol. The largest absolute Gasteiger partial charge is 0.497 e. The van der Waals surface area contributed by atoms with Crippen LogP contribution in [0.1, 0.15) is 16.1 Å². The van der Waals surface area contributed by atoms with Crippen molar-refractivity contribution in [1.82, 2.24) is 5.43 Å². The standard InChI is InChI=1S/C19H14ClN3O5/c1-27-14-5-2-12(3-6-14)19(24)22-21-11-15-7-9-18(28-15)16-10-13(23(25)26)4-8-17(16)20/h2-11H,1H3,(H,22,24). The maximum Gasteiger partial charge on any atom is 0.271 e. The van der Waals surface area contributed by atoms with E-state index in [1.54, 1.807) is 36.4 Å². The molecule has 0 atom stereocenters. The number of benzene rings is 2. The van der Waals surface area contributed by atoms with E-state index in [0.29, 0.717) is 33.4 Å². The lowest BCUT2D eigenvalue weighted by molar-refractivity contribution is -0.384.